The summed E-state index contributed by atoms with van der Waals surface area (Å²) in [4.78, 5) is 26.3. The average Bonchev–Trinajstić information content (AvgIpc) is 3.22. The molecule has 7 nitrogen and oxygen atoms in total. The summed E-state index contributed by atoms with van der Waals surface area (Å²) in [5, 5.41) is 4.48. The lowest BCUT2D eigenvalue weighted by Crippen LogP contribution is -2.37. The summed E-state index contributed by atoms with van der Waals surface area (Å²) in [7, 11) is 0. The quantitative estimate of drug-likeness (QED) is 0.570. The summed E-state index contributed by atoms with van der Waals surface area (Å²) in [5.74, 6) is -2.11. The number of primary amides is 1. The molecule has 34 heavy (non-hydrogen) atoms. The molecular formula is C23H20F4N4O3. The molecule has 2 heterocycles. The van der Waals surface area contributed by atoms with E-state index >= 15 is 0 Å². The second-order valence-corrected chi connectivity index (χ2v) is 7.88. The molecule has 2 amide bonds. The van der Waals surface area contributed by atoms with Crippen molar-refractivity contribution in [3.63, 3.8) is 0 Å². The summed E-state index contributed by atoms with van der Waals surface area (Å²) in [6.45, 7) is 1.22. The third-order valence-electron chi connectivity index (χ3n) is 5.49. The number of carbonyl (C=O) groups excluding carboxylic acids is 2. The highest BCUT2D eigenvalue weighted by molar-refractivity contribution is 6.01. The monoisotopic (exact) mass is 476 g/mol. The number of hydrogen-bond acceptors (Lipinski definition) is 4. The van der Waals surface area contributed by atoms with E-state index in [9.17, 15) is 27.2 Å². The van der Waals surface area contributed by atoms with Crippen LogP contribution in [-0.4, -0.2) is 45.3 Å². The molecule has 0 aliphatic carbocycles. The average molecular weight is 476 g/mol. The number of aromatic nitrogens is 2. The lowest BCUT2D eigenvalue weighted by atomic mass is 10.0. The predicted octanol–water partition coefficient (Wildman–Crippen LogP) is 3.64. The molecule has 2 N–H and O–H groups in total. The SMILES string of the molecule is CC(Oc1ccc(C(N)=O)cc1C(=O)N1CCc2nn(-c3ccc(F)cc3)cc2C1)C(F)(F)F. The number of benzene rings is 2. The number of carbonyl (C=O) groups is 2. The van der Waals surface area contributed by atoms with E-state index in [-0.39, 0.29) is 35.8 Å². The first-order chi connectivity index (χ1) is 16.0. The van der Waals surface area contributed by atoms with Crippen LogP contribution in [0.5, 0.6) is 5.75 Å². The van der Waals surface area contributed by atoms with Crippen molar-refractivity contribution >= 4 is 11.8 Å². The van der Waals surface area contributed by atoms with Crippen molar-refractivity contribution in [3.05, 3.63) is 76.9 Å². The smallest absolute Gasteiger partial charge is 0.425 e. The first-order valence-electron chi connectivity index (χ1n) is 10.3. The molecule has 1 aromatic heterocycles. The van der Waals surface area contributed by atoms with Gasteiger partial charge < -0.3 is 15.4 Å². The van der Waals surface area contributed by atoms with Gasteiger partial charge in [-0.1, -0.05) is 0 Å². The van der Waals surface area contributed by atoms with Crippen molar-refractivity contribution < 1.29 is 31.9 Å². The van der Waals surface area contributed by atoms with E-state index < -0.39 is 24.1 Å². The van der Waals surface area contributed by atoms with Gasteiger partial charge in [0.2, 0.25) is 5.91 Å². The Morgan fingerprint density at radius 1 is 1.15 bits per heavy atom. The molecule has 11 heteroatoms. The standard InChI is InChI=1S/C23H20F4N4O3/c1-13(23(25,26)27)34-20-7-2-14(21(28)32)10-18(20)22(33)30-9-8-19-15(11-30)12-31(29-19)17-5-3-16(24)4-6-17/h2-7,10,12-13H,8-9,11H2,1H3,(H2,28,32). The third-order valence-corrected chi connectivity index (χ3v) is 5.49. The number of nitrogens with zero attached hydrogens (tertiary/aromatic N) is 3. The maximum absolute atomic E-state index is 13.3. The van der Waals surface area contributed by atoms with Gasteiger partial charge in [-0.3, -0.25) is 9.59 Å². The lowest BCUT2D eigenvalue weighted by Gasteiger charge is -2.28. The molecule has 0 radical (unpaired) electrons. The molecule has 178 valence electrons. The molecule has 1 atom stereocenters. The Morgan fingerprint density at radius 2 is 1.85 bits per heavy atom. The number of alkyl halides is 3. The number of hydrogen-bond donors (Lipinski definition) is 1. The normalized spacial score (nSPS) is 14.4. The van der Waals surface area contributed by atoms with Crippen LogP contribution in [0.2, 0.25) is 0 Å². The topological polar surface area (TPSA) is 90.4 Å². The van der Waals surface area contributed by atoms with E-state index in [0.717, 1.165) is 30.3 Å². The molecule has 1 aliphatic rings. The van der Waals surface area contributed by atoms with Gasteiger partial charge in [-0.2, -0.15) is 18.3 Å². The number of nitrogens with two attached hydrogens (primary N) is 1. The Labute approximate surface area is 191 Å². The Hall–Kier alpha value is -3.89. The highest BCUT2D eigenvalue weighted by Crippen LogP contribution is 2.30. The van der Waals surface area contributed by atoms with Crippen LogP contribution in [0.4, 0.5) is 17.6 Å². The molecule has 1 unspecified atom stereocenters. The minimum Gasteiger partial charge on any atom is -0.480 e. The van der Waals surface area contributed by atoms with Crippen LogP contribution in [0.1, 0.15) is 38.9 Å². The molecule has 2 aromatic carbocycles. The molecule has 1 aliphatic heterocycles. The van der Waals surface area contributed by atoms with Crippen molar-refractivity contribution in [1.82, 2.24) is 14.7 Å². The van der Waals surface area contributed by atoms with Crippen LogP contribution < -0.4 is 10.5 Å². The summed E-state index contributed by atoms with van der Waals surface area (Å²) >= 11 is 0. The maximum atomic E-state index is 13.3. The van der Waals surface area contributed by atoms with Crippen molar-refractivity contribution in [1.29, 1.82) is 0 Å². The third kappa shape index (κ3) is 4.73. The van der Waals surface area contributed by atoms with Crippen LogP contribution in [0.15, 0.2) is 48.7 Å². The van der Waals surface area contributed by atoms with E-state index in [1.165, 1.54) is 23.1 Å². The zero-order chi connectivity index (χ0) is 24.6. The minimum atomic E-state index is -4.64. The van der Waals surface area contributed by atoms with Gasteiger partial charge >= 0.3 is 6.18 Å². The van der Waals surface area contributed by atoms with Crippen molar-refractivity contribution in [2.75, 3.05) is 6.54 Å². The molecule has 4 rings (SSSR count). The van der Waals surface area contributed by atoms with Crippen molar-refractivity contribution in [2.24, 2.45) is 5.73 Å². The highest BCUT2D eigenvalue weighted by Gasteiger charge is 2.39. The van der Waals surface area contributed by atoms with E-state index in [1.807, 2.05) is 0 Å². The van der Waals surface area contributed by atoms with Gasteiger partial charge in [0.15, 0.2) is 6.10 Å². The first kappa shape index (κ1) is 23.3. The first-order valence-corrected chi connectivity index (χ1v) is 10.3. The predicted molar refractivity (Wildman–Crippen MR) is 113 cm³/mol. The molecule has 3 aromatic rings. The van der Waals surface area contributed by atoms with Gasteiger partial charge in [0.25, 0.3) is 5.91 Å². The molecule has 0 saturated carbocycles. The van der Waals surface area contributed by atoms with Crippen molar-refractivity contribution in [2.45, 2.75) is 32.2 Å². The fourth-order valence-corrected chi connectivity index (χ4v) is 3.59. The van der Waals surface area contributed by atoms with Crippen LogP contribution in [-0.2, 0) is 13.0 Å². The summed E-state index contributed by atoms with van der Waals surface area (Å²) in [6.07, 6.45) is -4.69. The van der Waals surface area contributed by atoms with Gasteiger partial charge in [-0.05, 0) is 49.4 Å². The Balaban J connectivity index is 1.61. The zero-order valence-electron chi connectivity index (χ0n) is 18.0. The van der Waals surface area contributed by atoms with E-state index in [0.29, 0.717) is 12.1 Å². The summed E-state index contributed by atoms with van der Waals surface area (Å²) in [6, 6.07) is 9.23. The summed E-state index contributed by atoms with van der Waals surface area (Å²) < 4.78 is 58.9. The number of halogens is 4. The molecule has 0 spiro atoms. The Bertz CT molecular complexity index is 1240. The number of rotatable bonds is 5. The van der Waals surface area contributed by atoms with Gasteiger partial charge in [0.1, 0.15) is 11.6 Å². The Kier molecular flexibility index (Phi) is 6.03. The van der Waals surface area contributed by atoms with Crippen LogP contribution in [0.25, 0.3) is 5.69 Å². The summed E-state index contributed by atoms with van der Waals surface area (Å²) in [5.41, 5.74) is 7.20. The van der Waals surface area contributed by atoms with Gasteiger partial charge in [-0.25, -0.2) is 9.07 Å². The minimum absolute atomic E-state index is 0.0304. The van der Waals surface area contributed by atoms with Crippen LogP contribution in [0.3, 0.4) is 0 Å². The second kappa shape index (κ2) is 8.81. The highest BCUT2D eigenvalue weighted by atomic mass is 19.4. The number of fused-ring (bicyclic) bond motifs is 1. The largest absolute Gasteiger partial charge is 0.480 e. The molecule has 0 fully saturated rings. The number of amides is 2. The maximum Gasteiger partial charge on any atom is 0.425 e. The van der Waals surface area contributed by atoms with Gasteiger partial charge in [-0.15, -0.1) is 0 Å². The fourth-order valence-electron chi connectivity index (χ4n) is 3.59. The zero-order valence-corrected chi connectivity index (χ0v) is 18.0. The molecule has 0 bridgehead atoms. The van der Waals surface area contributed by atoms with Crippen molar-refractivity contribution in [3.8, 4) is 11.4 Å². The number of ether oxygens (including phenoxy) is 1. The lowest BCUT2D eigenvalue weighted by molar-refractivity contribution is -0.189. The second-order valence-electron chi connectivity index (χ2n) is 7.88. The van der Waals surface area contributed by atoms with Gasteiger partial charge in [0, 0.05) is 36.8 Å². The van der Waals surface area contributed by atoms with E-state index in [4.69, 9.17) is 10.5 Å². The van der Waals surface area contributed by atoms with E-state index in [1.54, 1.807) is 23.0 Å². The van der Waals surface area contributed by atoms with Gasteiger partial charge in [0.05, 0.1) is 16.9 Å². The Morgan fingerprint density at radius 3 is 2.50 bits per heavy atom. The fraction of sp³-hybridized carbons (Fsp3) is 0.261. The van der Waals surface area contributed by atoms with Crippen LogP contribution in [0, 0.1) is 5.82 Å². The van der Waals surface area contributed by atoms with E-state index in [2.05, 4.69) is 5.10 Å². The molecular weight excluding hydrogens is 456 g/mol. The van der Waals surface area contributed by atoms with Crippen LogP contribution >= 0.6 is 0 Å². The molecule has 0 saturated heterocycles.